The minimum Gasteiger partial charge on any atom is -0.360 e. The molecule has 0 aliphatic heterocycles. The zero-order chi connectivity index (χ0) is 23.8. The summed E-state index contributed by atoms with van der Waals surface area (Å²) in [6.07, 6.45) is 4.29. The van der Waals surface area contributed by atoms with Crippen LogP contribution >= 0.6 is 0 Å². The number of nitrogens with zero attached hydrogens (tertiary/aromatic N) is 1. The minimum atomic E-state index is -3.74. The Balaban J connectivity index is 1.58. The molecule has 4 N–H and O–H groups in total. The first-order valence-electron chi connectivity index (χ1n) is 10.7. The van der Waals surface area contributed by atoms with Crippen LogP contribution in [0.3, 0.4) is 0 Å². The third-order valence-corrected chi connectivity index (χ3v) is 6.61. The Kier molecular flexibility index (Phi) is 8.18. The van der Waals surface area contributed by atoms with Crippen molar-refractivity contribution in [2.24, 2.45) is 0 Å². The molecular weight excluding hydrogens is 445 g/mol. The number of urea groups is 1. The number of carbonyl (C=O) groups is 1. The van der Waals surface area contributed by atoms with Gasteiger partial charge in [0.15, 0.2) is 0 Å². The molecule has 0 atom stereocenters. The number of fused-ring (bicyclic) bond motifs is 1. The summed E-state index contributed by atoms with van der Waals surface area (Å²) in [6, 6.07) is 10.6. The molecule has 2 aromatic carbocycles. The maximum absolute atomic E-state index is 13.4. The molecule has 176 valence electrons. The Labute approximate surface area is 192 Å². The highest BCUT2D eigenvalue weighted by Crippen LogP contribution is 2.29. The van der Waals surface area contributed by atoms with E-state index in [1.807, 2.05) is 6.92 Å². The van der Waals surface area contributed by atoms with Gasteiger partial charge in [-0.25, -0.2) is 22.3 Å². The summed E-state index contributed by atoms with van der Waals surface area (Å²) in [5, 5.41) is 10.7. The molecule has 3 rings (SSSR count). The predicted octanol–water partition coefficient (Wildman–Crippen LogP) is 3.71. The number of hydrogen-bond acceptors (Lipinski definition) is 4. The van der Waals surface area contributed by atoms with Gasteiger partial charge in [-0.15, -0.1) is 0 Å². The first-order chi connectivity index (χ1) is 15.9. The van der Waals surface area contributed by atoms with E-state index < -0.39 is 10.0 Å². The third kappa shape index (κ3) is 6.17. The first kappa shape index (κ1) is 24.4. The number of amides is 2. The quantitative estimate of drug-likeness (QED) is 0.251. The summed E-state index contributed by atoms with van der Waals surface area (Å²) < 4.78 is 41.1. The SMILES string of the molecule is CCCN(CCC=N)C(=O)NCCNS(=O)(=O)c1ccc(-c2c[nH]c3cc(F)ccc23)cc1. The van der Waals surface area contributed by atoms with Crippen LogP contribution < -0.4 is 10.0 Å². The lowest BCUT2D eigenvalue weighted by Gasteiger charge is -2.21. The van der Waals surface area contributed by atoms with Crippen molar-refractivity contribution in [2.75, 3.05) is 26.2 Å². The molecule has 0 aliphatic carbocycles. The van der Waals surface area contributed by atoms with Crippen LogP contribution in [-0.2, 0) is 10.0 Å². The highest BCUT2D eigenvalue weighted by molar-refractivity contribution is 7.89. The van der Waals surface area contributed by atoms with Crippen molar-refractivity contribution < 1.29 is 17.6 Å². The fraction of sp³-hybridized carbons (Fsp3) is 0.304. The zero-order valence-corrected chi connectivity index (χ0v) is 19.2. The molecule has 8 nitrogen and oxygen atoms in total. The Morgan fingerprint density at radius 3 is 2.61 bits per heavy atom. The number of aromatic nitrogens is 1. The average molecular weight is 474 g/mol. The number of aromatic amines is 1. The number of rotatable bonds is 11. The molecule has 0 bridgehead atoms. The summed E-state index contributed by atoms with van der Waals surface area (Å²) in [4.78, 5) is 17.0. The molecular formula is C23H28FN5O3S. The van der Waals surface area contributed by atoms with Gasteiger partial charge in [0.2, 0.25) is 10.0 Å². The van der Waals surface area contributed by atoms with Crippen LogP contribution in [-0.4, -0.2) is 56.7 Å². The molecule has 33 heavy (non-hydrogen) atoms. The van der Waals surface area contributed by atoms with Gasteiger partial charge in [0.25, 0.3) is 0 Å². The summed E-state index contributed by atoms with van der Waals surface area (Å²) in [7, 11) is -3.74. The van der Waals surface area contributed by atoms with Crippen LogP contribution in [0.4, 0.5) is 9.18 Å². The molecule has 2 amide bonds. The average Bonchev–Trinajstić information content (AvgIpc) is 3.22. The summed E-state index contributed by atoms with van der Waals surface area (Å²) in [5.41, 5.74) is 2.32. The highest BCUT2D eigenvalue weighted by Gasteiger charge is 2.16. The van der Waals surface area contributed by atoms with Crippen molar-refractivity contribution in [3.8, 4) is 11.1 Å². The lowest BCUT2D eigenvalue weighted by molar-refractivity contribution is 0.199. The smallest absolute Gasteiger partial charge is 0.317 e. The summed E-state index contributed by atoms with van der Waals surface area (Å²) in [5.74, 6) is -0.330. The monoisotopic (exact) mass is 473 g/mol. The van der Waals surface area contributed by atoms with E-state index in [1.54, 1.807) is 29.3 Å². The molecule has 1 aromatic heterocycles. The van der Waals surface area contributed by atoms with Crippen molar-refractivity contribution in [1.29, 1.82) is 5.41 Å². The normalized spacial score (nSPS) is 11.5. The molecule has 0 aliphatic rings. The number of sulfonamides is 1. The zero-order valence-electron chi connectivity index (χ0n) is 18.4. The van der Waals surface area contributed by atoms with Gasteiger partial charge in [-0.3, -0.25) is 0 Å². The predicted molar refractivity (Wildman–Crippen MR) is 128 cm³/mol. The van der Waals surface area contributed by atoms with Gasteiger partial charge in [0.1, 0.15) is 5.82 Å². The van der Waals surface area contributed by atoms with E-state index in [1.165, 1.54) is 30.5 Å². The second-order valence-electron chi connectivity index (χ2n) is 7.53. The maximum atomic E-state index is 13.4. The molecule has 0 fully saturated rings. The van der Waals surface area contributed by atoms with Gasteiger partial charge in [-0.1, -0.05) is 19.1 Å². The number of nitrogens with one attached hydrogen (secondary N) is 4. The molecule has 0 saturated carbocycles. The van der Waals surface area contributed by atoms with Crippen LogP contribution in [0, 0.1) is 11.2 Å². The fourth-order valence-corrected chi connectivity index (χ4v) is 4.54. The molecule has 0 saturated heterocycles. The van der Waals surface area contributed by atoms with Crippen molar-refractivity contribution in [1.82, 2.24) is 19.9 Å². The Morgan fingerprint density at radius 1 is 1.15 bits per heavy atom. The van der Waals surface area contributed by atoms with E-state index in [-0.39, 0.29) is 29.8 Å². The third-order valence-electron chi connectivity index (χ3n) is 5.14. The van der Waals surface area contributed by atoms with Gasteiger partial charge in [0.05, 0.1) is 4.90 Å². The lowest BCUT2D eigenvalue weighted by atomic mass is 10.1. The molecule has 3 aromatic rings. The fourth-order valence-electron chi connectivity index (χ4n) is 3.51. The number of hydrogen-bond donors (Lipinski definition) is 4. The Hall–Kier alpha value is -3.24. The molecule has 10 heteroatoms. The second kappa shape index (κ2) is 11.1. The van der Waals surface area contributed by atoms with Gasteiger partial charge in [-0.2, -0.15) is 0 Å². The first-order valence-corrected chi connectivity index (χ1v) is 12.2. The number of carbonyl (C=O) groups excluding carboxylic acids is 1. The van der Waals surface area contributed by atoms with E-state index in [0.717, 1.165) is 22.9 Å². The molecule has 0 radical (unpaired) electrons. The van der Waals surface area contributed by atoms with Crippen molar-refractivity contribution in [2.45, 2.75) is 24.7 Å². The molecule has 1 heterocycles. The second-order valence-corrected chi connectivity index (χ2v) is 9.29. The van der Waals surface area contributed by atoms with E-state index in [9.17, 15) is 17.6 Å². The van der Waals surface area contributed by atoms with Crippen LogP contribution in [0.15, 0.2) is 53.6 Å². The summed E-state index contributed by atoms with van der Waals surface area (Å²) in [6.45, 7) is 3.18. The van der Waals surface area contributed by atoms with Crippen LogP contribution in [0.1, 0.15) is 19.8 Å². The molecule has 0 unspecified atom stereocenters. The Bertz CT molecular complexity index is 1210. The number of halogens is 1. The lowest BCUT2D eigenvalue weighted by Crippen LogP contribution is -2.43. The number of benzene rings is 2. The van der Waals surface area contributed by atoms with Gasteiger partial charge < -0.3 is 20.6 Å². The molecule has 0 spiro atoms. The van der Waals surface area contributed by atoms with Crippen LogP contribution in [0.25, 0.3) is 22.0 Å². The minimum absolute atomic E-state index is 0.0500. The summed E-state index contributed by atoms with van der Waals surface area (Å²) >= 11 is 0. The van der Waals surface area contributed by atoms with E-state index in [0.29, 0.717) is 25.0 Å². The van der Waals surface area contributed by atoms with E-state index in [4.69, 9.17) is 5.41 Å². The van der Waals surface area contributed by atoms with Crippen molar-refractivity contribution >= 4 is 33.2 Å². The van der Waals surface area contributed by atoms with E-state index in [2.05, 4.69) is 15.0 Å². The van der Waals surface area contributed by atoms with Crippen LogP contribution in [0.2, 0.25) is 0 Å². The number of H-pyrrole nitrogens is 1. The topological polar surface area (TPSA) is 118 Å². The van der Waals surface area contributed by atoms with Crippen molar-refractivity contribution in [3.63, 3.8) is 0 Å². The maximum Gasteiger partial charge on any atom is 0.317 e. The van der Waals surface area contributed by atoms with Crippen molar-refractivity contribution in [3.05, 3.63) is 54.5 Å². The van der Waals surface area contributed by atoms with Gasteiger partial charge in [-0.05, 0) is 55.0 Å². The van der Waals surface area contributed by atoms with Gasteiger partial charge in [0, 0.05) is 48.8 Å². The Morgan fingerprint density at radius 2 is 1.91 bits per heavy atom. The van der Waals surface area contributed by atoms with Crippen LogP contribution in [0.5, 0.6) is 0 Å². The standard InChI is InChI=1S/C23H28FN5O3S/c1-2-13-29(14-3-10-25)23(30)26-11-12-28-33(31,32)19-7-4-17(5-8-19)21-16-27-22-15-18(24)6-9-20(21)22/h4-10,15-16,25,27-28H,2-3,11-14H2,1H3,(H,26,30). The highest BCUT2D eigenvalue weighted by atomic mass is 32.2. The largest absolute Gasteiger partial charge is 0.360 e. The van der Waals surface area contributed by atoms with Gasteiger partial charge >= 0.3 is 6.03 Å². The van der Waals surface area contributed by atoms with E-state index >= 15 is 0 Å².